The third-order valence-electron chi connectivity index (χ3n) is 2.89. The summed E-state index contributed by atoms with van der Waals surface area (Å²) < 4.78 is 10.2. The second kappa shape index (κ2) is 8.43. The molecule has 0 spiro atoms. The van der Waals surface area contributed by atoms with Gasteiger partial charge in [-0.3, -0.25) is 4.79 Å². The lowest BCUT2D eigenvalue weighted by Gasteiger charge is -2.08. The number of phenolic OH excluding ortho intramolecular Hbond substituents is 1. The van der Waals surface area contributed by atoms with Crippen molar-refractivity contribution in [3.8, 4) is 11.5 Å². The Balaban J connectivity index is 1.65. The molecule has 0 radical (unpaired) electrons. The van der Waals surface area contributed by atoms with E-state index < -0.39 is 18.5 Å². The van der Waals surface area contributed by atoms with Gasteiger partial charge in [-0.25, -0.2) is 4.79 Å². The fourth-order valence-corrected chi connectivity index (χ4v) is 1.78. The SMILES string of the molecule is O=C(COC(=O)c1ccccc1O)NCCOc1ccccc1. The lowest BCUT2D eigenvalue weighted by molar-refractivity contribution is -0.124. The minimum absolute atomic E-state index is 0.0210. The van der Waals surface area contributed by atoms with E-state index in [-0.39, 0.29) is 11.3 Å². The van der Waals surface area contributed by atoms with Gasteiger partial charge in [0.15, 0.2) is 6.61 Å². The lowest BCUT2D eigenvalue weighted by Crippen LogP contribution is -2.32. The number of rotatable bonds is 7. The molecule has 0 atom stereocenters. The standard InChI is InChI=1S/C17H17NO5/c19-15-9-5-4-8-14(15)17(21)23-12-16(20)18-10-11-22-13-6-2-1-3-7-13/h1-9,19H,10-12H2,(H,18,20). The van der Waals surface area contributed by atoms with E-state index in [1.54, 1.807) is 12.1 Å². The van der Waals surface area contributed by atoms with Crippen LogP contribution in [0.3, 0.4) is 0 Å². The number of benzene rings is 2. The number of ether oxygens (including phenoxy) is 2. The van der Waals surface area contributed by atoms with Crippen LogP contribution >= 0.6 is 0 Å². The molecule has 6 heteroatoms. The minimum atomic E-state index is -0.751. The van der Waals surface area contributed by atoms with Gasteiger partial charge < -0.3 is 19.9 Å². The van der Waals surface area contributed by atoms with Crippen molar-refractivity contribution in [3.63, 3.8) is 0 Å². The number of para-hydroxylation sites is 2. The maximum atomic E-state index is 11.7. The summed E-state index contributed by atoms with van der Waals surface area (Å²) in [6.07, 6.45) is 0. The third-order valence-corrected chi connectivity index (χ3v) is 2.89. The van der Waals surface area contributed by atoms with Gasteiger partial charge >= 0.3 is 5.97 Å². The molecule has 0 heterocycles. The summed E-state index contributed by atoms with van der Waals surface area (Å²) in [6, 6.07) is 15.2. The van der Waals surface area contributed by atoms with Crippen molar-refractivity contribution in [2.75, 3.05) is 19.8 Å². The van der Waals surface area contributed by atoms with Crippen molar-refractivity contribution in [3.05, 3.63) is 60.2 Å². The Bertz CT molecular complexity index is 657. The van der Waals surface area contributed by atoms with E-state index in [2.05, 4.69) is 5.32 Å². The van der Waals surface area contributed by atoms with Crippen molar-refractivity contribution >= 4 is 11.9 Å². The molecule has 6 nitrogen and oxygen atoms in total. The Kier molecular flexibility index (Phi) is 5.99. The van der Waals surface area contributed by atoms with E-state index in [9.17, 15) is 14.7 Å². The van der Waals surface area contributed by atoms with Gasteiger partial charge in [0.1, 0.15) is 23.7 Å². The zero-order valence-electron chi connectivity index (χ0n) is 12.4. The molecule has 0 aliphatic heterocycles. The number of carbonyl (C=O) groups excluding carboxylic acids is 2. The molecule has 0 saturated carbocycles. The average Bonchev–Trinajstić information content (AvgIpc) is 2.58. The Hall–Kier alpha value is -3.02. The number of aromatic hydroxyl groups is 1. The van der Waals surface area contributed by atoms with Gasteiger partial charge in [0.25, 0.3) is 5.91 Å². The van der Waals surface area contributed by atoms with E-state index in [4.69, 9.17) is 9.47 Å². The fourth-order valence-electron chi connectivity index (χ4n) is 1.78. The number of hydrogen-bond acceptors (Lipinski definition) is 5. The van der Waals surface area contributed by atoms with Crippen LogP contribution in [-0.4, -0.2) is 36.7 Å². The lowest BCUT2D eigenvalue weighted by atomic mass is 10.2. The molecule has 0 fully saturated rings. The van der Waals surface area contributed by atoms with Gasteiger partial charge in [0.2, 0.25) is 0 Å². The first-order valence-electron chi connectivity index (χ1n) is 7.06. The first-order chi connectivity index (χ1) is 11.2. The molecule has 2 aromatic carbocycles. The van der Waals surface area contributed by atoms with Crippen molar-refractivity contribution < 1.29 is 24.2 Å². The van der Waals surface area contributed by atoms with Crippen LogP contribution in [0.5, 0.6) is 11.5 Å². The van der Waals surface area contributed by atoms with Crippen LogP contribution in [0.15, 0.2) is 54.6 Å². The van der Waals surface area contributed by atoms with Crippen molar-refractivity contribution in [1.29, 1.82) is 0 Å². The Labute approximate surface area is 133 Å². The molecule has 0 aliphatic carbocycles. The number of amides is 1. The maximum Gasteiger partial charge on any atom is 0.342 e. The van der Waals surface area contributed by atoms with E-state index in [1.807, 2.05) is 30.3 Å². The van der Waals surface area contributed by atoms with Gasteiger partial charge in [0.05, 0.1) is 6.54 Å². The van der Waals surface area contributed by atoms with Crippen LogP contribution in [0.2, 0.25) is 0 Å². The smallest absolute Gasteiger partial charge is 0.342 e. The summed E-state index contributed by atoms with van der Waals surface area (Å²) in [6.45, 7) is 0.184. The molecule has 1 amide bonds. The summed E-state index contributed by atoms with van der Waals surface area (Å²) in [5, 5.41) is 12.1. The highest BCUT2D eigenvalue weighted by Crippen LogP contribution is 2.16. The quantitative estimate of drug-likeness (QED) is 0.600. The highest BCUT2D eigenvalue weighted by atomic mass is 16.5. The molecule has 0 bridgehead atoms. The molecule has 2 N–H and O–H groups in total. The van der Waals surface area contributed by atoms with Gasteiger partial charge in [0, 0.05) is 0 Å². The molecule has 0 aromatic heterocycles. The minimum Gasteiger partial charge on any atom is -0.507 e. The maximum absolute atomic E-state index is 11.7. The normalized spacial score (nSPS) is 9.91. The summed E-state index contributed by atoms with van der Waals surface area (Å²) in [7, 11) is 0. The second-order valence-electron chi connectivity index (χ2n) is 4.60. The Morgan fingerprint density at radius 1 is 1.00 bits per heavy atom. The topological polar surface area (TPSA) is 84.9 Å². The molecule has 0 unspecified atom stereocenters. The third kappa shape index (κ3) is 5.35. The zero-order chi connectivity index (χ0) is 16.5. The van der Waals surface area contributed by atoms with Gasteiger partial charge in [-0.15, -0.1) is 0 Å². The molecular weight excluding hydrogens is 298 g/mol. The van der Waals surface area contributed by atoms with Gasteiger partial charge in [-0.2, -0.15) is 0 Å². The summed E-state index contributed by atoms with van der Waals surface area (Å²) in [5.74, 6) is -0.661. The molecule has 0 saturated heterocycles. The Morgan fingerprint density at radius 2 is 1.70 bits per heavy atom. The number of nitrogens with one attached hydrogen (secondary N) is 1. The van der Waals surface area contributed by atoms with Crippen LogP contribution in [0, 0.1) is 0 Å². The monoisotopic (exact) mass is 315 g/mol. The highest BCUT2D eigenvalue weighted by Gasteiger charge is 2.13. The molecule has 23 heavy (non-hydrogen) atoms. The summed E-state index contributed by atoms with van der Waals surface area (Å²) in [4.78, 5) is 23.3. The van der Waals surface area contributed by atoms with Crippen molar-refractivity contribution in [1.82, 2.24) is 5.32 Å². The van der Waals surface area contributed by atoms with E-state index in [0.29, 0.717) is 18.9 Å². The predicted octanol–water partition coefficient (Wildman–Crippen LogP) is 1.74. The van der Waals surface area contributed by atoms with Crippen LogP contribution in [0.1, 0.15) is 10.4 Å². The van der Waals surface area contributed by atoms with Crippen LogP contribution in [0.4, 0.5) is 0 Å². The molecule has 0 aliphatic rings. The van der Waals surface area contributed by atoms with Crippen LogP contribution < -0.4 is 10.1 Å². The fraction of sp³-hybridized carbons (Fsp3) is 0.176. The van der Waals surface area contributed by atoms with Gasteiger partial charge in [-0.05, 0) is 24.3 Å². The predicted molar refractivity (Wildman–Crippen MR) is 83.3 cm³/mol. The van der Waals surface area contributed by atoms with E-state index in [1.165, 1.54) is 12.1 Å². The van der Waals surface area contributed by atoms with E-state index in [0.717, 1.165) is 0 Å². The first-order valence-corrected chi connectivity index (χ1v) is 7.06. The average molecular weight is 315 g/mol. The molecule has 120 valence electrons. The first kappa shape index (κ1) is 16.4. The summed E-state index contributed by atoms with van der Waals surface area (Å²) in [5.41, 5.74) is 0.0210. The molecule has 2 aromatic rings. The number of phenols is 1. The largest absolute Gasteiger partial charge is 0.507 e. The van der Waals surface area contributed by atoms with Crippen molar-refractivity contribution in [2.45, 2.75) is 0 Å². The number of esters is 1. The molecular formula is C17H17NO5. The number of carbonyl (C=O) groups is 2. The van der Waals surface area contributed by atoms with Crippen LogP contribution in [-0.2, 0) is 9.53 Å². The second-order valence-corrected chi connectivity index (χ2v) is 4.60. The summed E-state index contributed by atoms with van der Waals surface area (Å²) >= 11 is 0. The zero-order valence-corrected chi connectivity index (χ0v) is 12.4. The Morgan fingerprint density at radius 3 is 2.43 bits per heavy atom. The van der Waals surface area contributed by atoms with Gasteiger partial charge in [-0.1, -0.05) is 30.3 Å². The van der Waals surface area contributed by atoms with Crippen molar-refractivity contribution in [2.24, 2.45) is 0 Å². The molecule has 2 rings (SSSR count). The highest BCUT2D eigenvalue weighted by molar-refractivity contribution is 5.93. The van der Waals surface area contributed by atoms with Crippen LogP contribution in [0.25, 0.3) is 0 Å². The number of hydrogen-bond donors (Lipinski definition) is 2. The van der Waals surface area contributed by atoms with E-state index >= 15 is 0 Å².